The fourth-order valence-electron chi connectivity index (χ4n) is 0.236. The van der Waals surface area contributed by atoms with E-state index in [0.29, 0.717) is 0 Å². The third-order valence-electron chi connectivity index (χ3n) is 1.12. The predicted octanol–water partition coefficient (Wildman–Crippen LogP) is 1.66. The highest BCUT2D eigenvalue weighted by Gasteiger charge is 2.30. The number of hydrogen-bond acceptors (Lipinski definition) is 1. The molecule has 0 aromatic carbocycles. The third-order valence-corrected chi connectivity index (χ3v) is 1.12. The lowest BCUT2D eigenvalue weighted by atomic mass is 10.1. The Bertz CT molecular complexity index is 75.4. The summed E-state index contributed by atoms with van der Waals surface area (Å²) >= 11 is 0. The highest BCUT2D eigenvalue weighted by molar-refractivity contribution is 5.85. The van der Waals surface area contributed by atoms with Crippen LogP contribution in [0.3, 0.4) is 0 Å². The molecule has 4 heteroatoms. The predicted molar refractivity (Wildman–Crippen MR) is 36.1 cm³/mol. The van der Waals surface area contributed by atoms with Gasteiger partial charge in [-0.15, -0.1) is 12.4 Å². The Labute approximate surface area is 60.0 Å². The van der Waals surface area contributed by atoms with Gasteiger partial charge in [-0.1, -0.05) is 13.8 Å². The molecule has 0 rings (SSSR count). The first-order valence-corrected chi connectivity index (χ1v) is 2.58. The van der Waals surface area contributed by atoms with Gasteiger partial charge in [0.25, 0.3) is 5.92 Å². The van der Waals surface area contributed by atoms with Crippen molar-refractivity contribution in [2.24, 2.45) is 11.7 Å². The minimum Gasteiger partial charge on any atom is -0.325 e. The van der Waals surface area contributed by atoms with Crippen LogP contribution in [-0.2, 0) is 0 Å². The number of halogens is 3. The second-order valence-electron chi connectivity index (χ2n) is 2.12. The topological polar surface area (TPSA) is 26.0 Å². The zero-order valence-corrected chi connectivity index (χ0v) is 6.34. The van der Waals surface area contributed by atoms with Crippen LogP contribution in [0.2, 0.25) is 0 Å². The van der Waals surface area contributed by atoms with Gasteiger partial charge in [0.1, 0.15) is 0 Å². The summed E-state index contributed by atoms with van der Waals surface area (Å²) in [5.41, 5.74) is 4.76. The van der Waals surface area contributed by atoms with Gasteiger partial charge in [0.2, 0.25) is 0 Å². The molecule has 0 spiro atoms. The van der Waals surface area contributed by atoms with E-state index in [2.05, 4.69) is 0 Å². The Balaban J connectivity index is 0. The van der Waals surface area contributed by atoms with Gasteiger partial charge < -0.3 is 5.73 Å². The molecular formula is C5H12ClF2N. The van der Waals surface area contributed by atoms with Crippen molar-refractivity contribution in [3.63, 3.8) is 0 Å². The lowest BCUT2D eigenvalue weighted by molar-refractivity contribution is -0.0349. The van der Waals surface area contributed by atoms with E-state index >= 15 is 0 Å². The van der Waals surface area contributed by atoms with Crippen LogP contribution < -0.4 is 5.73 Å². The first kappa shape index (κ1) is 11.9. The summed E-state index contributed by atoms with van der Waals surface area (Å²) in [6.07, 6.45) is 0. The quantitative estimate of drug-likeness (QED) is 0.652. The van der Waals surface area contributed by atoms with Crippen molar-refractivity contribution < 1.29 is 8.78 Å². The van der Waals surface area contributed by atoms with Crippen LogP contribution in [0.5, 0.6) is 0 Å². The lowest BCUT2D eigenvalue weighted by Crippen LogP contribution is -2.33. The normalized spacial score (nSPS) is 11.3. The van der Waals surface area contributed by atoms with E-state index in [0.717, 1.165) is 0 Å². The summed E-state index contributed by atoms with van der Waals surface area (Å²) in [4.78, 5) is 0. The van der Waals surface area contributed by atoms with Gasteiger partial charge in [-0.25, -0.2) is 8.78 Å². The molecule has 0 heterocycles. The molecular weight excluding hydrogens is 148 g/mol. The molecule has 58 valence electrons. The SMILES string of the molecule is CC(C)C(F)(F)CN.Cl. The molecule has 2 N–H and O–H groups in total. The van der Waals surface area contributed by atoms with Gasteiger partial charge in [-0.05, 0) is 0 Å². The molecule has 0 unspecified atom stereocenters. The molecule has 0 amide bonds. The largest absolute Gasteiger partial charge is 0.325 e. The van der Waals surface area contributed by atoms with E-state index in [1.54, 1.807) is 0 Å². The van der Waals surface area contributed by atoms with Gasteiger partial charge in [0, 0.05) is 5.92 Å². The van der Waals surface area contributed by atoms with Crippen molar-refractivity contribution in [1.29, 1.82) is 0 Å². The minimum atomic E-state index is -2.68. The van der Waals surface area contributed by atoms with Crippen LogP contribution in [0.25, 0.3) is 0 Å². The maximum absolute atomic E-state index is 12.2. The van der Waals surface area contributed by atoms with Crippen molar-refractivity contribution in [3.05, 3.63) is 0 Å². The van der Waals surface area contributed by atoms with Crippen molar-refractivity contribution >= 4 is 12.4 Å². The molecule has 0 aliphatic carbocycles. The number of nitrogens with two attached hydrogens (primary N) is 1. The van der Waals surface area contributed by atoms with E-state index in [9.17, 15) is 8.78 Å². The summed E-state index contributed by atoms with van der Waals surface area (Å²) in [5, 5.41) is 0. The molecule has 0 aromatic heterocycles. The number of hydrogen-bond donors (Lipinski definition) is 1. The number of rotatable bonds is 2. The minimum absolute atomic E-state index is 0. The molecule has 0 fully saturated rings. The van der Waals surface area contributed by atoms with Gasteiger partial charge >= 0.3 is 0 Å². The molecule has 0 saturated carbocycles. The molecule has 0 aliphatic heterocycles. The van der Waals surface area contributed by atoms with Gasteiger partial charge in [0.05, 0.1) is 6.54 Å². The first-order valence-electron chi connectivity index (χ1n) is 2.58. The van der Waals surface area contributed by atoms with Crippen LogP contribution in [0, 0.1) is 5.92 Å². The van der Waals surface area contributed by atoms with E-state index in [4.69, 9.17) is 5.73 Å². The zero-order chi connectivity index (χ0) is 6.78. The standard InChI is InChI=1S/C5H11F2N.ClH/c1-4(2)5(6,7)3-8;/h4H,3,8H2,1-2H3;1H. The summed E-state index contributed by atoms with van der Waals surface area (Å²) in [7, 11) is 0. The maximum Gasteiger partial charge on any atom is 0.262 e. The number of alkyl halides is 2. The maximum atomic E-state index is 12.2. The van der Waals surface area contributed by atoms with Crippen LogP contribution >= 0.6 is 12.4 Å². The Kier molecular flexibility index (Phi) is 5.28. The van der Waals surface area contributed by atoms with Gasteiger partial charge in [0.15, 0.2) is 0 Å². The molecule has 9 heavy (non-hydrogen) atoms. The molecule has 1 nitrogen and oxygen atoms in total. The van der Waals surface area contributed by atoms with Crippen LogP contribution in [0.1, 0.15) is 13.8 Å². The average Bonchev–Trinajstić information content (AvgIpc) is 1.67. The summed E-state index contributed by atoms with van der Waals surface area (Å²) in [5.74, 6) is -3.33. The van der Waals surface area contributed by atoms with E-state index in [1.165, 1.54) is 13.8 Å². The van der Waals surface area contributed by atoms with Crippen molar-refractivity contribution in [2.45, 2.75) is 19.8 Å². The molecule has 0 bridgehead atoms. The van der Waals surface area contributed by atoms with Crippen molar-refractivity contribution in [2.75, 3.05) is 6.54 Å². The fourth-order valence-corrected chi connectivity index (χ4v) is 0.236. The Morgan fingerprint density at radius 3 is 1.78 bits per heavy atom. The van der Waals surface area contributed by atoms with Crippen molar-refractivity contribution in [1.82, 2.24) is 0 Å². The Morgan fingerprint density at radius 1 is 1.44 bits per heavy atom. The van der Waals surface area contributed by atoms with E-state index in [-0.39, 0.29) is 12.4 Å². The first-order chi connectivity index (χ1) is 3.50. The van der Waals surface area contributed by atoms with Crippen LogP contribution in [-0.4, -0.2) is 12.5 Å². The molecule has 0 saturated heterocycles. The summed E-state index contributed by atoms with van der Waals surface area (Å²) in [6.45, 7) is 2.35. The van der Waals surface area contributed by atoms with Crippen LogP contribution in [0.4, 0.5) is 8.78 Å². The second-order valence-corrected chi connectivity index (χ2v) is 2.12. The van der Waals surface area contributed by atoms with Crippen molar-refractivity contribution in [3.8, 4) is 0 Å². The third kappa shape index (κ3) is 3.65. The van der Waals surface area contributed by atoms with E-state index < -0.39 is 18.4 Å². The van der Waals surface area contributed by atoms with Crippen LogP contribution in [0.15, 0.2) is 0 Å². The Hall–Kier alpha value is 0.110. The molecule has 0 aliphatic rings. The average molecular weight is 160 g/mol. The smallest absolute Gasteiger partial charge is 0.262 e. The molecule has 0 atom stereocenters. The zero-order valence-electron chi connectivity index (χ0n) is 5.53. The highest BCUT2D eigenvalue weighted by Crippen LogP contribution is 2.21. The lowest BCUT2D eigenvalue weighted by Gasteiger charge is -2.16. The van der Waals surface area contributed by atoms with Gasteiger partial charge in [-0.3, -0.25) is 0 Å². The second kappa shape index (κ2) is 4.01. The van der Waals surface area contributed by atoms with Gasteiger partial charge in [-0.2, -0.15) is 0 Å². The van der Waals surface area contributed by atoms with E-state index in [1.807, 2.05) is 0 Å². The fraction of sp³-hybridized carbons (Fsp3) is 1.00. The highest BCUT2D eigenvalue weighted by atomic mass is 35.5. The summed E-state index contributed by atoms with van der Waals surface area (Å²) in [6, 6.07) is 0. The molecule has 0 radical (unpaired) electrons. The summed E-state index contributed by atoms with van der Waals surface area (Å²) < 4.78 is 24.3. The Morgan fingerprint density at radius 2 is 1.78 bits per heavy atom. The monoisotopic (exact) mass is 159 g/mol. The molecule has 0 aromatic rings.